The number of aliphatic hydroxyl groups excluding tert-OH is 5. The first kappa shape index (κ1) is 60.1. The molecular formula is C31H48N2O34S3. The van der Waals surface area contributed by atoms with E-state index < -0.39 is 160 Å². The first-order valence-electron chi connectivity index (χ1n) is 19.5. The van der Waals surface area contributed by atoms with Gasteiger partial charge in [-0.2, -0.15) is 4.89 Å². The molecule has 4 saturated heterocycles. The summed E-state index contributed by atoms with van der Waals surface area (Å²) in [5.41, 5.74) is 0. The van der Waals surface area contributed by atoms with E-state index in [2.05, 4.69) is 55.3 Å². The van der Waals surface area contributed by atoms with E-state index >= 15 is 0 Å². The molecule has 0 radical (unpaired) electrons. The molecule has 36 nitrogen and oxygen atoms in total. The maximum absolute atomic E-state index is 13.2. The summed E-state index contributed by atoms with van der Waals surface area (Å²) in [6.07, 6.45) is -35.8. The standard InChI is InChI=1S/C31H48N2O34S3/c1-4-5-49-28-12(32-8(2)36)17(14(38)10(6-34)50-28)52-31-25(60-70-67-64-48)22(58-68-65-62-46)21(23(56-31)27(43)44)55-29-13(33-9(3)37)18(15(39)11(7-35)51-29)53-30-24(59-69-66-63-47)19(57-61-45)16(40)20(54-30)26(41)42/h4,10-25,28-31,34-35,38-40,45-48H,1,5-7H2,2-3H3,(H,32,36)(H,33,37)(H,41,42)(H,43,44)/t10?,11?,12-,13-,14+,15+,16-,17-,18-,19+,20?,21-,22+,23?,24-,25-,28?,29?,30?,31?/m1/s1. The van der Waals surface area contributed by atoms with E-state index in [1.54, 1.807) is 0 Å². The summed E-state index contributed by atoms with van der Waals surface area (Å²) in [4.78, 5) is 55.2. The number of aliphatic carboxylic acids is 2. The number of hydrogen-bond acceptors (Lipinski definition) is 35. The Balaban J connectivity index is 1.83. The van der Waals surface area contributed by atoms with Crippen LogP contribution in [0.15, 0.2) is 12.7 Å². The second-order valence-corrected chi connectivity index (χ2v) is 15.7. The maximum atomic E-state index is 13.2. The topological polar surface area (TPSA) is 490 Å². The van der Waals surface area contributed by atoms with Gasteiger partial charge < -0.3 is 84.3 Å². The van der Waals surface area contributed by atoms with Gasteiger partial charge in [-0.3, -0.25) is 22.1 Å². The molecule has 20 atom stereocenters. The second kappa shape index (κ2) is 30.0. The van der Waals surface area contributed by atoms with Gasteiger partial charge in [0.1, 0.15) is 67.0 Å². The number of hydrogen-bond donors (Lipinski definition) is 13. The van der Waals surface area contributed by atoms with Gasteiger partial charge in [-0.25, -0.2) is 30.6 Å². The molecule has 13 N–H and O–H groups in total. The average molecular weight is 1090 g/mol. The van der Waals surface area contributed by atoms with Gasteiger partial charge in [0.05, 0.1) is 19.8 Å². The number of carboxylic acid groups (broad SMARTS) is 2. The Labute approximate surface area is 404 Å². The molecule has 2 amide bonds. The number of rotatable bonds is 29. The van der Waals surface area contributed by atoms with Crippen molar-refractivity contribution in [2.24, 2.45) is 0 Å². The third-order valence-electron chi connectivity index (χ3n) is 9.98. The fourth-order valence-electron chi connectivity index (χ4n) is 7.22. The van der Waals surface area contributed by atoms with Crippen molar-refractivity contribution >= 4 is 60.7 Å². The van der Waals surface area contributed by atoms with Crippen molar-refractivity contribution in [3.05, 3.63) is 12.7 Å². The number of ether oxygens (including phenoxy) is 8. The minimum atomic E-state index is -2.43. The van der Waals surface area contributed by atoms with E-state index in [1.807, 2.05) is 0 Å². The zero-order valence-corrected chi connectivity index (χ0v) is 37.9. The van der Waals surface area contributed by atoms with Gasteiger partial charge in [0.25, 0.3) is 0 Å². The van der Waals surface area contributed by atoms with Crippen LogP contribution in [0.4, 0.5) is 0 Å². The maximum Gasteiger partial charge on any atom is 0.335 e. The van der Waals surface area contributed by atoms with Gasteiger partial charge in [-0.1, -0.05) is 26.2 Å². The predicted molar refractivity (Wildman–Crippen MR) is 208 cm³/mol. The Morgan fingerprint density at radius 1 is 0.557 bits per heavy atom. The monoisotopic (exact) mass is 1090 g/mol. The molecule has 0 bridgehead atoms. The van der Waals surface area contributed by atoms with Crippen molar-refractivity contribution in [1.82, 2.24) is 10.6 Å². The van der Waals surface area contributed by atoms with Crippen molar-refractivity contribution in [1.29, 1.82) is 0 Å². The minimum Gasteiger partial charge on any atom is -0.479 e. The van der Waals surface area contributed by atoms with E-state index in [1.165, 1.54) is 6.08 Å². The molecule has 8 unspecified atom stereocenters. The number of carbonyl (C=O) groups excluding carboxylic acids is 2. The van der Waals surface area contributed by atoms with E-state index in [9.17, 15) is 54.9 Å². The second-order valence-electron chi connectivity index (χ2n) is 14.3. The Hall–Kier alpha value is -2.45. The van der Waals surface area contributed by atoms with E-state index in [-0.39, 0.29) is 43.6 Å². The minimum absolute atomic E-state index is 0.204. The summed E-state index contributed by atoms with van der Waals surface area (Å²) in [5.74, 6) is -5.53. The third kappa shape index (κ3) is 15.8. The van der Waals surface area contributed by atoms with Crippen LogP contribution in [0.1, 0.15) is 13.8 Å². The van der Waals surface area contributed by atoms with Gasteiger partial charge in [0, 0.05) is 13.8 Å². The van der Waals surface area contributed by atoms with Crippen LogP contribution in [0.5, 0.6) is 0 Å². The first-order chi connectivity index (χ1) is 33.5. The molecule has 0 aliphatic carbocycles. The van der Waals surface area contributed by atoms with Crippen molar-refractivity contribution in [2.75, 3.05) is 19.8 Å². The van der Waals surface area contributed by atoms with Gasteiger partial charge in [0.15, 0.2) is 92.7 Å². The first-order valence-corrected chi connectivity index (χ1v) is 21.5. The van der Waals surface area contributed by atoms with E-state index in [0.29, 0.717) is 0 Å². The van der Waals surface area contributed by atoms with Crippen molar-refractivity contribution in [2.45, 2.75) is 137 Å². The zero-order valence-electron chi connectivity index (χ0n) is 35.5. The summed E-state index contributed by atoms with van der Waals surface area (Å²) in [6.45, 7) is 3.27. The molecule has 4 aliphatic rings. The van der Waals surface area contributed by atoms with Crippen LogP contribution >= 0.6 is 37.0 Å². The molecular weight excluding hydrogens is 1040 g/mol. The Morgan fingerprint density at radius 3 is 1.41 bits per heavy atom. The molecule has 0 aromatic rings. The molecule has 4 heterocycles. The highest BCUT2D eigenvalue weighted by Crippen LogP contribution is 2.39. The number of aliphatic hydroxyl groups is 5. The van der Waals surface area contributed by atoms with Gasteiger partial charge in [0.2, 0.25) is 11.8 Å². The summed E-state index contributed by atoms with van der Waals surface area (Å²) < 4.78 is 75.6. The predicted octanol–water partition coefficient (Wildman–Crippen LogP) is -4.61. The van der Waals surface area contributed by atoms with Crippen LogP contribution < -0.4 is 10.6 Å². The fraction of sp³-hybridized carbons (Fsp3) is 0.806. The highest BCUT2D eigenvalue weighted by atomic mass is 32.2. The zero-order chi connectivity index (χ0) is 51.7. The molecule has 4 rings (SSSR count). The molecule has 70 heavy (non-hydrogen) atoms. The lowest BCUT2D eigenvalue weighted by atomic mass is 9.94. The SMILES string of the molecule is C=CCOC1OC(CO)[C@H](O)[C@H](OC2OC(C(=O)O)[C@H](OC3OC(CO)[C@H](O)[C@H](OC4OC(C(=O)O)[C@H](O)[C@H](OOO)[C@H]4OSOOO)[C@H]3NC(C)=O)[C@H](OSOOO)[C@H]2OSOOO)[C@H]1NC(C)=O. The molecule has 404 valence electrons. The molecule has 0 spiro atoms. The summed E-state index contributed by atoms with van der Waals surface area (Å²) in [5, 5.41) is 129. The molecule has 4 aliphatic heterocycles. The van der Waals surface area contributed by atoms with Crippen molar-refractivity contribution in [3.63, 3.8) is 0 Å². The number of carboxylic acids is 2. The molecule has 4 fully saturated rings. The highest BCUT2D eigenvalue weighted by molar-refractivity contribution is 7.90. The van der Waals surface area contributed by atoms with Gasteiger partial charge in [-0.15, -0.1) is 19.6 Å². The lowest BCUT2D eigenvalue weighted by Crippen LogP contribution is -2.71. The lowest BCUT2D eigenvalue weighted by Gasteiger charge is -2.50. The Kier molecular flexibility index (Phi) is 25.8. The van der Waals surface area contributed by atoms with Crippen molar-refractivity contribution in [3.8, 4) is 0 Å². The van der Waals surface area contributed by atoms with Crippen LogP contribution in [0.25, 0.3) is 0 Å². The normalized spacial score (nSPS) is 37.9. The number of nitrogens with one attached hydrogen (secondary N) is 2. The molecule has 0 aromatic carbocycles. The molecule has 0 saturated carbocycles. The van der Waals surface area contributed by atoms with Crippen molar-refractivity contribution < 1.29 is 164 Å². The lowest BCUT2D eigenvalue weighted by molar-refractivity contribution is -0.525. The van der Waals surface area contributed by atoms with Crippen LogP contribution in [-0.4, -0.2) is 223 Å². The van der Waals surface area contributed by atoms with Crippen LogP contribution in [-0.2, 0) is 108 Å². The van der Waals surface area contributed by atoms with E-state index in [0.717, 1.165) is 13.8 Å². The third-order valence-corrected chi connectivity index (χ3v) is 11.2. The molecule has 0 aromatic heterocycles. The quantitative estimate of drug-likeness (QED) is 0.0110. The summed E-state index contributed by atoms with van der Waals surface area (Å²) in [7, 11) is 0. The van der Waals surface area contributed by atoms with Gasteiger partial charge in [-0.05, 0) is 0 Å². The van der Waals surface area contributed by atoms with Crippen LogP contribution in [0.2, 0.25) is 0 Å². The Bertz CT molecular complexity index is 1640. The van der Waals surface area contributed by atoms with E-state index in [4.69, 9.17) is 71.5 Å². The smallest absolute Gasteiger partial charge is 0.335 e. The largest absolute Gasteiger partial charge is 0.479 e. The summed E-state index contributed by atoms with van der Waals surface area (Å²) in [6, 6.07) is -3.48. The highest BCUT2D eigenvalue weighted by Gasteiger charge is 2.60. The van der Waals surface area contributed by atoms with Gasteiger partial charge >= 0.3 is 11.9 Å². The van der Waals surface area contributed by atoms with Crippen LogP contribution in [0.3, 0.4) is 0 Å². The Morgan fingerprint density at radius 2 is 0.986 bits per heavy atom. The van der Waals surface area contributed by atoms with Crippen LogP contribution in [0, 0.1) is 0 Å². The fourth-order valence-corrected chi connectivity index (χ4v) is 8.29. The number of carbonyl (C=O) groups is 4. The average Bonchev–Trinajstić information content (AvgIpc) is 3.31. The molecule has 39 heteroatoms. The summed E-state index contributed by atoms with van der Waals surface area (Å²) >= 11 is -0.661. The number of amides is 2.